The Morgan fingerprint density at radius 3 is 2.60 bits per heavy atom. The molecule has 1 atom stereocenters. The van der Waals surface area contributed by atoms with Crippen molar-refractivity contribution in [3.05, 3.63) is 54.4 Å². The zero-order chi connectivity index (χ0) is 25.1. The van der Waals surface area contributed by atoms with Crippen LogP contribution in [0.15, 0.2) is 43.2 Å². The van der Waals surface area contributed by atoms with Gasteiger partial charge in [0.2, 0.25) is 0 Å². The maximum atomic E-state index is 14.0. The van der Waals surface area contributed by atoms with Crippen LogP contribution in [-0.4, -0.2) is 48.0 Å². The highest BCUT2D eigenvalue weighted by Crippen LogP contribution is 2.28. The summed E-state index contributed by atoms with van der Waals surface area (Å²) in [6, 6.07) is 3.51. The smallest absolute Gasteiger partial charge is 0.333 e. The molecule has 13 heteroatoms. The summed E-state index contributed by atoms with van der Waals surface area (Å²) in [7, 11) is 0. The number of carbonyl (C=O) groups excluding carboxylic acids is 1. The molecule has 0 aliphatic heterocycles. The molecule has 0 aliphatic carbocycles. The van der Waals surface area contributed by atoms with E-state index in [0.717, 1.165) is 6.20 Å². The number of carbonyl (C=O) groups is 1. The van der Waals surface area contributed by atoms with Crippen LogP contribution in [0.1, 0.15) is 36.3 Å². The Morgan fingerprint density at radius 2 is 1.91 bits per heavy atom. The molecule has 0 aliphatic rings. The standard InChI is InChI=1S/C22H20F3N9O/c1-12(2)17(23)9-29-21(35)16-7-27-18(3-19(16)32-14-6-30-34(11-14)22(24)25)15-8-31-33-10-13(4-26)5-28-20(15)33/h3,5-8,10-12,17,22H,9H2,1-2H3,(H,27,32)(H,29,35). The van der Waals surface area contributed by atoms with Crippen molar-refractivity contribution in [2.24, 2.45) is 5.92 Å². The number of rotatable bonds is 8. The van der Waals surface area contributed by atoms with E-state index in [1.165, 1.54) is 41.6 Å². The van der Waals surface area contributed by atoms with Gasteiger partial charge in [0.25, 0.3) is 5.91 Å². The lowest BCUT2D eigenvalue weighted by Gasteiger charge is -2.15. The molecule has 10 nitrogen and oxygen atoms in total. The molecular weight excluding hydrogens is 463 g/mol. The SMILES string of the molecule is CC(C)C(F)CNC(=O)c1cnc(-c2cnn3cc(C#N)cnc23)cc1Nc1cnn(C(F)F)c1. The summed E-state index contributed by atoms with van der Waals surface area (Å²) in [6.45, 7) is 0.372. The van der Waals surface area contributed by atoms with Crippen molar-refractivity contribution in [2.75, 3.05) is 11.9 Å². The Labute approximate surface area is 197 Å². The van der Waals surface area contributed by atoms with Crippen LogP contribution in [0.2, 0.25) is 0 Å². The maximum Gasteiger partial charge on any atom is 0.333 e. The number of nitrogens with zero attached hydrogens (tertiary/aromatic N) is 7. The lowest BCUT2D eigenvalue weighted by atomic mass is 10.1. The van der Waals surface area contributed by atoms with Crippen LogP contribution >= 0.6 is 0 Å². The van der Waals surface area contributed by atoms with Gasteiger partial charge in [-0.2, -0.15) is 24.2 Å². The fourth-order valence-corrected chi connectivity index (χ4v) is 3.19. The largest absolute Gasteiger partial charge is 0.352 e. The predicted molar refractivity (Wildman–Crippen MR) is 120 cm³/mol. The van der Waals surface area contributed by atoms with E-state index < -0.39 is 18.6 Å². The Kier molecular flexibility index (Phi) is 6.63. The number of fused-ring (bicyclic) bond motifs is 1. The van der Waals surface area contributed by atoms with Gasteiger partial charge in [0, 0.05) is 18.9 Å². The molecule has 0 bridgehead atoms. The monoisotopic (exact) mass is 483 g/mol. The summed E-state index contributed by atoms with van der Waals surface area (Å²) in [4.78, 5) is 21.4. The van der Waals surface area contributed by atoms with Gasteiger partial charge >= 0.3 is 6.55 Å². The van der Waals surface area contributed by atoms with E-state index in [9.17, 15) is 18.0 Å². The summed E-state index contributed by atoms with van der Waals surface area (Å²) in [5.74, 6) is -0.869. The number of pyridine rings is 1. The third-order valence-electron chi connectivity index (χ3n) is 5.17. The van der Waals surface area contributed by atoms with E-state index in [4.69, 9.17) is 5.26 Å². The molecule has 2 N–H and O–H groups in total. The van der Waals surface area contributed by atoms with Crippen molar-refractivity contribution in [1.82, 2.24) is 34.7 Å². The summed E-state index contributed by atoms with van der Waals surface area (Å²) >= 11 is 0. The minimum absolute atomic E-state index is 0.0747. The van der Waals surface area contributed by atoms with Gasteiger partial charge in [-0.3, -0.25) is 9.78 Å². The zero-order valence-corrected chi connectivity index (χ0v) is 18.7. The van der Waals surface area contributed by atoms with Gasteiger partial charge in [0.05, 0.1) is 58.5 Å². The molecular formula is C22H20F3N9O. The van der Waals surface area contributed by atoms with Crippen LogP contribution < -0.4 is 10.6 Å². The quantitative estimate of drug-likeness (QED) is 0.391. The van der Waals surface area contributed by atoms with Crippen molar-refractivity contribution in [3.63, 3.8) is 0 Å². The molecule has 0 fully saturated rings. The molecule has 180 valence electrons. The number of nitriles is 1. The summed E-state index contributed by atoms with van der Waals surface area (Å²) < 4.78 is 41.8. The van der Waals surface area contributed by atoms with Crippen molar-refractivity contribution < 1.29 is 18.0 Å². The number of nitrogens with one attached hydrogen (secondary N) is 2. The normalized spacial score (nSPS) is 12.2. The number of aromatic nitrogens is 6. The molecule has 0 aromatic carbocycles. The van der Waals surface area contributed by atoms with E-state index in [-0.39, 0.29) is 29.4 Å². The van der Waals surface area contributed by atoms with Gasteiger partial charge in [-0.05, 0) is 12.0 Å². The fourth-order valence-electron chi connectivity index (χ4n) is 3.19. The lowest BCUT2D eigenvalue weighted by molar-refractivity contribution is 0.0566. The van der Waals surface area contributed by atoms with Crippen molar-refractivity contribution in [3.8, 4) is 17.3 Å². The van der Waals surface area contributed by atoms with E-state index >= 15 is 0 Å². The number of amides is 1. The van der Waals surface area contributed by atoms with E-state index in [1.807, 2.05) is 6.07 Å². The molecule has 4 heterocycles. The first-order chi connectivity index (χ1) is 16.8. The Hall–Kier alpha value is -4.47. The van der Waals surface area contributed by atoms with Crippen LogP contribution in [0.3, 0.4) is 0 Å². The van der Waals surface area contributed by atoms with Gasteiger partial charge < -0.3 is 10.6 Å². The van der Waals surface area contributed by atoms with Gasteiger partial charge in [-0.15, -0.1) is 0 Å². The molecule has 0 radical (unpaired) electrons. The summed E-state index contributed by atoms with van der Waals surface area (Å²) in [6.07, 6.45) is 6.72. The first-order valence-electron chi connectivity index (χ1n) is 10.5. The number of hydrogen-bond acceptors (Lipinski definition) is 7. The minimum Gasteiger partial charge on any atom is -0.352 e. The third-order valence-corrected chi connectivity index (χ3v) is 5.17. The third kappa shape index (κ3) is 5.06. The second kappa shape index (κ2) is 9.80. The molecule has 0 saturated carbocycles. The van der Waals surface area contributed by atoms with Crippen LogP contribution in [0.25, 0.3) is 16.9 Å². The zero-order valence-electron chi connectivity index (χ0n) is 18.7. The first kappa shape index (κ1) is 23.7. The Balaban J connectivity index is 1.71. The van der Waals surface area contributed by atoms with Crippen molar-refractivity contribution in [1.29, 1.82) is 5.26 Å². The number of hydrogen-bond donors (Lipinski definition) is 2. The van der Waals surface area contributed by atoms with E-state index in [2.05, 4.69) is 30.8 Å². The fraction of sp³-hybridized carbons (Fsp3) is 0.273. The molecule has 4 aromatic heterocycles. The number of alkyl halides is 3. The molecule has 4 aromatic rings. The second-order valence-corrected chi connectivity index (χ2v) is 7.98. The van der Waals surface area contributed by atoms with Crippen LogP contribution in [-0.2, 0) is 0 Å². The average Bonchev–Trinajstić information content (AvgIpc) is 3.49. The molecule has 0 saturated heterocycles. The highest BCUT2D eigenvalue weighted by molar-refractivity contribution is 6.00. The lowest BCUT2D eigenvalue weighted by Crippen LogP contribution is -2.32. The topological polar surface area (TPSA) is 126 Å². The maximum absolute atomic E-state index is 14.0. The Morgan fingerprint density at radius 1 is 1.11 bits per heavy atom. The second-order valence-electron chi connectivity index (χ2n) is 7.98. The van der Waals surface area contributed by atoms with Gasteiger partial charge in [-0.1, -0.05) is 13.8 Å². The molecule has 0 spiro atoms. The van der Waals surface area contributed by atoms with E-state index in [1.54, 1.807) is 13.8 Å². The summed E-state index contributed by atoms with van der Waals surface area (Å²) in [5, 5.41) is 22.3. The van der Waals surface area contributed by atoms with Crippen LogP contribution in [0.4, 0.5) is 24.5 Å². The van der Waals surface area contributed by atoms with Crippen molar-refractivity contribution in [2.45, 2.75) is 26.6 Å². The Bertz CT molecular complexity index is 1410. The van der Waals surface area contributed by atoms with Gasteiger partial charge in [0.15, 0.2) is 5.65 Å². The van der Waals surface area contributed by atoms with Gasteiger partial charge in [-0.25, -0.2) is 18.6 Å². The first-order valence-corrected chi connectivity index (χ1v) is 10.5. The van der Waals surface area contributed by atoms with Gasteiger partial charge in [0.1, 0.15) is 12.2 Å². The number of anilines is 2. The molecule has 1 amide bonds. The minimum atomic E-state index is -2.83. The van der Waals surface area contributed by atoms with Crippen LogP contribution in [0.5, 0.6) is 0 Å². The number of halogens is 3. The average molecular weight is 483 g/mol. The summed E-state index contributed by atoms with van der Waals surface area (Å²) in [5.41, 5.74) is 2.14. The van der Waals surface area contributed by atoms with Crippen molar-refractivity contribution >= 4 is 22.9 Å². The highest BCUT2D eigenvalue weighted by atomic mass is 19.3. The van der Waals surface area contributed by atoms with Crippen LogP contribution in [0, 0.1) is 17.2 Å². The molecule has 4 rings (SSSR count). The molecule has 35 heavy (non-hydrogen) atoms. The predicted octanol–water partition coefficient (Wildman–Crippen LogP) is 3.72. The highest BCUT2D eigenvalue weighted by Gasteiger charge is 2.20. The molecule has 1 unspecified atom stereocenters. The van der Waals surface area contributed by atoms with E-state index in [0.29, 0.717) is 27.1 Å².